The Morgan fingerprint density at radius 1 is 1.12 bits per heavy atom. The van der Waals surface area contributed by atoms with E-state index in [1.54, 1.807) is 19.1 Å². The first-order valence-corrected chi connectivity index (χ1v) is 7.87. The molecule has 0 N–H and O–H groups in total. The van der Waals surface area contributed by atoms with Crippen LogP contribution in [0.1, 0.15) is 11.1 Å². The van der Waals surface area contributed by atoms with Crippen LogP contribution in [-0.4, -0.2) is 34.8 Å². The van der Waals surface area contributed by atoms with E-state index in [0.29, 0.717) is 11.1 Å². The Morgan fingerprint density at radius 3 is 2.56 bits per heavy atom. The molecule has 1 aliphatic rings. The number of hydrogen-bond donors (Lipinski definition) is 0. The van der Waals surface area contributed by atoms with Crippen molar-refractivity contribution in [2.45, 2.75) is 13.5 Å². The highest BCUT2D eigenvalue weighted by Crippen LogP contribution is 2.22. The summed E-state index contributed by atoms with van der Waals surface area (Å²) in [6, 6.07) is 5.67. The van der Waals surface area contributed by atoms with Crippen molar-refractivity contribution in [2.75, 3.05) is 18.0 Å². The molecule has 25 heavy (non-hydrogen) atoms. The summed E-state index contributed by atoms with van der Waals surface area (Å²) in [7, 11) is 0. The SMILES string of the molecule is Cc1ccc(CN2CC(=O)N(c3ncc(Cl)cc3F)CC2=O)cc1F. The Hall–Kier alpha value is -2.54. The number of aryl methyl sites for hydroxylation is 1. The number of nitrogens with zero attached hydrogens (tertiary/aromatic N) is 3. The maximum absolute atomic E-state index is 14.0. The first-order chi connectivity index (χ1) is 11.8. The molecule has 0 saturated carbocycles. The first-order valence-electron chi connectivity index (χ1n) is 7.49. The Labute approximate surface area is 147 Å². The van der Waals surface area contributed by atoms with Gasteiger partial charge in [-0.05, 0) is 30.2 Å². The van der Waals surface area contributed by atoms with E-state index in [-0.39, 0.29) is 42.2 Å². The van der Waals surface area contributed by atoms with Gasteiger partial charge in [0.15, 0.2) is 11.6 Å². The first kappa shape index (κ1) is 17.3. The van der Waals surface area contributed by atoms with Crippen molar-refractivity contribution in [1.82, 2.24) is 9.88 Å². The standard InChI is InChI=1S/C17H14ClF2N3O2/c1-10-2-3-11(4-13(10)19)7-22-8-16(25)23(9-15(22)24)17-14(20)5-12(18)6-21-17/h2-6H,7-9H2,1H3. The molecule has 0 radical (unpaired) electrons. The summed E-state index contributed by atoms with van der Waals surface area (Å²) in [6.07, 6.45) is 1.21. The highest BCUT2D eigenvalue weighted by molar-refractivity contribution is 6.30. The van der Waals surface area contributed by atoms with E-state index in [1.807, 2.05) is 0 Å². The quantitative estimate of drug-likeness (QED) is 0.840. The number of halogens is 3. The molecule has 3 rings (SSSR count). The molecule has 130 valence electrons. The molecule has 0 atom stereocenters. The number of piperazine rings is 1. The minimum absolute atomic E-state index is 0.0973. The Balaban J connectivity index is 1.76. The van der Waals surface area contributed by atoms with Gasteiger partial charge in [0, 0.05) is 12.7 Å². The van der Waals surface area contributed by atoms with Crippen LogP contribution in [0.5, 0.6) is 0 Å². The van der Waals surface area contributed by atoms with Crippen molar-refractivity contribution in [2.24, 2.45) is 0 Å². The lowest BCUT2D eigenvalue weighted by Gasteiger charge is -2.33. The molecule has 0 bridgehead atoms. The van der Waals surface area contributed by atoms with E-state index < -0.39 is 11.7 Å². The van der Waals surface area contributed by atoms with Crippen LogP contribution in [0.3, 0.4) is 0 Å². The molecule has 1 saturated heterocycles. The van der Waals surface area contributed by atoms with Crippen molar-refractivity contribution >= 4 is 29.2 Å². The van der Waals surface area contributed by atoms with Crippen molar-refractivity contribution in [1.29, 1.82) is 0 Å². The number of amides is 2. The van der Waals surface area contributed by atoms with Crippen LogP contribution >= 0.6 is 11.6 Å². The number of anilines is 1. The molecule has 0 unspecified atom stereocenters. The Kier molecular flexibility index (Phi) is 4.67. The number of rotatable bonds is 3. The van der Waals surface area contributed by atoms with Crippen LogP contribution in [0.25, 0.3) is 0 Å². The maximum atomic E-state index is 14.0. The normalized spacial score (nSPS) is 15.0. The molecule has 1 aromatic heterocycles. The number of carbonyl (C=O) groups excluding carboxylic acids is 2. The molecule has 2 heterocycles. The van der Waals surface area contributed by atoms with Gasteiger partial charge in [0.25, 0.3) is 0 Å². The number of carbonyl (C=O) groups is 2. The average Bonchev–Trinajstić information content (AvgIpc) is 2.54. The summed E-state index contributed by atoms with van der Waals surface area (Å²) < 4.78 is 27.6. The number of pyridine rings is 1. The van der Waals surface area contributed by atoms with Gasteiger partial charge in [-0.15, -0.1) is 0 Å². The van der Waals surface area contributed by atoms with Crippen molar-refractivity contribution in [3.8, 4) is 0 Å². The van der Waals surface area contributed by atoms with Crippen LogP contribution in [0.4, 0.5) is 14.6 Å². The molecule has 2 amide bonds. The number of benzene rings is 1. The van der Waals surface area contributed by atoms with Crippen LogP contribution in [0.2, 0.25) is 5.02 Å². The monoisotopic (exact) mass is 365 g/mol. The fraction of sp³-hybridized carbons (Fsp3) is 0.235. The molecule has 1 aliphatic heterocycles. The predicted molar refractivity (Wildman–Crippen MR) is 88.1 cm³/mol. The zero-order valence-corrected chi connectivity index (χ0v) is 14.1. The highest BCUT2D eigenvalue weighted by atomic mass is 35.5. The van der Waals surface area contributed by atoms with Gasteiger partial charge in [-0.3, -0.25) is 14.5 Å². The second-order valence-electron chi connectivity index (χ2n) is 5.77. The fourth-order valence-corrected chi connectivity index (χ4v) is 2.70. The van der Waals surface area contributed by atoms with Crippen LogP contribution in [0.15, 0.2) is 30.5 Å². The van der Waals surface area contributed by atoms with E-state index in [4.69, 9.17) is 11.6 Å². The smallest absolute Gasteiger partial charge is 0.248 e. The van der Waals surface area contributed by atoms with Gasteiger partial charge in [0.05, 0.1) is 5.02 Å². The number of hydrogen-bond acceptors (Lipinski definition) is 3. The summed E-state index contributed by atoms with van der Waals surface area (Å²) >= 11 is 5.65. The van der Waals surface area contributed by atoms with E-state index in [1.165, 1.54) is 17.2 Å². The third kappa shape index (κ3) is 3.61. The van der Waals surface area contributed by atoms with E-state index >= 15 is 0 Å². The largest absolute Gasteiger partial charge is 0.327 e. The van der Waals surface area contributed by atoms with E-state index in [9.17, 15) is 18.4 Å². The molecular formula is C17H14ClF2N3O2. The molecule has 1 aromatic carbocycles. The Bertz CT molecular complexity index is 860. The Morgan fingerprint density at radius 2 is 1.88 bits per heavy atom. The zero-order valence-electron chi connectivity index (χ0n) is 13.3. The lowest BCUT2D eigenvalue weighted by molar-refractivity contribution is -0.138. The topological polar surface area (TPSA) is 53.5 Å². The lowest BCUT2D eigenvalue weighted by Crippen LogP contribution is -2.54. The third-order valence-corrected chi connectivity index (χ3v) is 4.13. The van der Waals surface area contributed by atoms with Crippen molar-refractivity contribution in [3.05, 3.63) is 58.2 Å². The van der Waals surface area contributed by atoms with E-state index in [2.05, 4.69) is 4.98 Å². The second-order valence-corrected chi connectivity index (χ2v) is 6.21. The molecule has 5 nitrogen and oxygen atoms in total. The fourth-order valence-electron chi connectivity index (χ4n) is 2.56. The summed E-state index contributed by atoms with van der Waals surface area (Å²) in [4.78, 5) is 30.7. The average molecular weight is 366 g/mol. The van der Waals surface area contributed by atoms with Gasteiger partial charge < -0.3 is 4.90 Å². The molecule has 8 heteroatoms. The lowest BCUT2D eigenvalue weighted by atomic mass is 10.1. The summed E-state index contributed by atoms with van der Waals surface area (Å²) in [5, 5.41) is 0.0973. The van der Waals surface area contributed by atoms with Crippen molar-refractivity contribution in [3.63, 3.8) is 0 Å². The zero-order chi connectivity index (χ0) is 18.1. The molecule has 0 aliphatic carbocycles. The summed E-state index contributed by atoms with van der Waals surface area (Å²) in [5.41, 5.74) is 1.08. The highest BCUT2D eigenvalue weighted by Gasteiger charge is 2.33. The second kappa shape index (κ2) is 6.76. The van der Waals surface area contributed by atoms with E-state index in [0.717, 1.165) is 11.0 Å². The molecule has 0 spiro atoms. The molecule has 1 fully saturated rings. The minimum atomic E-state index is -0.775. The third-order valence-electron chi connectivity index (χ3n) is 3.93. The van der Waals surface area contributed by atoms with Crippen LogP contribution in [-0.2, 0) is 16.1 Å². The van der Waals surface area contributed by atoms with Gasteiger partial charge in [0.2, 0.25) is 11.8 Å². The predicted octanol–water partition coefficient (Wildman–Crippen LogP) is 2.70. The number of aromatic nitrogens is 1. The molecular weight excluding hydrogens is 352 g/mol. The van der Waals surface area contributed by atoms with Gasteiger partial charge in [-0.1, -0.05) is 23.7 Å². The summed E-state index contributed by atoms with van der Waals surface area (Å²) in [6.45, 7) is 1.17. The van der Waals surface area contributed by atoms with Gasteiger partial charge in [-0.2, -0.15) is 0 Å². The maximum Gasteiger partial charge on any atom is 0.248 e. The van der Waals surface area contributed by atoms with Crippen LogP contribution < -0.4 is 4.90 Å². The van der Waals surface area contributed by atoms with Gasteiger partial charge >= 0.3 is 0 Å². The van der Waals surface area contributed by atoms with Crippen LogP contribution in [0, 0.1) is 18.6 Å². The van der Waals surface area contributed by atoms with Crippen molar-refractivity contribution < 1.29 is 18.4 Å². The van der Waals surface area contributed by atoms with Gasteiger partial charge in [0.1, 0.15) is 18.9 Å². The minimum Gasteiger partial charge on any atom is -0.327 e. The summed E-state index contributed by atoms with van der Waals surface area (Å²) in [5.74, 6) is -2.23. The molecule has 2 aromatic rings. The van der Waals surface area contributed by atoms with Gasteiger partial charge in [-0.25, -0.2) is 13.8 Å².